The van der Waals surface area contributed by atoms with Crippen LogP contribution in [0.2, 0.25) is 0 Å². The Morgan fingerprint density at radius 3 is 2.29 bits per heavy atom. The SMILES string of the molecule is Fc1ccc2c(c1)C(c1ccccc1)c1c-2ccc2ccccc12. The molecular formula is C23H15F. The Morgan fingerprint density at radius 1 is 0.667 bits per heavy atom. The molecule has 24 heavy (non-hydrogen) atoms. The molecule has 0 spiro atoms. The van der Waals surface area contributed by atoms with E-state index in [2.05, 4.69) is 60.7 Å². The fourth-order valence-electron chi connectivity index (χ4n) is 4.01. The largest absolute Gasteiger partial charge is 0.207 e. The lowest BCUT2D eigenvalue weighted by atomic mass is 9.87. The maximum Gasteiger partial charge on any atom is 0.123 e. The summed E-state index contributed by atoms with van der Waals surface area (Å²) >= 11 is 0. The van der Waals surface area contributed by atoms with Crippen LogP contribution in [0.25, 0.3) is 21.9 Å². The van der Waals surface area contributed by atoms with Crippen LogP contribution in [0.1, 0.15) is 22.6 Å². The molecule has 0 amide bonds. The summed E-state index contributed by atoms with van der Waals surface area (Å²) < 4.78 is 14.0. The molecule has 0 saturated carbocycles. The lowest BCUT2D eigenvalue weighted by Gasteiger charge is -2.16. The van der Waals surface area contributed by atoms with Crippen LogP contribution in [0.3, 0.4) is 0 Å². The van der Waals surface area contributed by atoms with Crippen molar-refractivity contribution in [3.05, 3.63) is 107 Å². The smallest absolute Gasteiger partial charge is 0.123 e. The van der Waals surface area contributed by atoms with Crippen LogP contribution in [0.15, 0.2) is 84.9 Å². The Balaban J connectivity index is 1.91. The van der Waals surface area contributed by atoms with E-state index in [0.29, 0.717) is 0 Å². The number of halogens is 1. The van der Waals surface area contributed by atoms with Gasteiger partial charge in [0, 0.05) is 5.92 Å². The van der Waals surface area contributed by atoms with E-state index < -0.39 is 0 Å². The maximum atomic E-state index is 14.0. The first-order chi connectivity index (χ1) is 11.8. The molecule has 1 heteroatoms. The molecule has 1 aliphatic rings. The molecule has 0 bridgehead atoms. The van der Waals surface area contributed by atoms with Crippen molar-refractivity contribution in [1.29, 1.82) is 0 Å². The van der Waals surface area contributed by atoms with Gasteiger partial charge in [0.2, 0.25) is 0 Å². The zero-order valence-corrected chi connectivity index (χ0v) is 13.0. The second-order valence-electron chi connectivity index (χ2n) is 6.32. The van der Waals surface area contributed by atoms with Gasteiger partial charge in [0.1, 0.15) is 5.82 Å². The summed E-state index contributed by atoms with van der Waals surface area (Å²) in [7, 11) is 0. The first-order valence-corrected chi connectivity index (χ1v) is 8.19. The maximum absolute atomic E-state index is 14.0. The minimum absolute atomic E-state index is 0.0815. The Bertz CT molecular complexity index is 1060. The number of hydrogen-bond donors (Lipinski definition) is 0. The van der Waals surface area contributed by atoms with Crippen LogP contribution >= 0.6 is 0 Å². The van der Waals surface area contributed by atoms with Gasteiger partial charge in [-0.25, -0.2) is 4.39 Å². The highest BCUT2D eigenvalue weighted by Gasteiger charge is 2.31. The number of rotatable bonds is 1. The lowest BCUT2D eigenvalue weighted by Crippen LogP contribution is -2.00. The first kappa shape index (κ1) is 13.5. The molecule has 4 aromatic carbocycles. The topological polar surface area (TPSA) is 0 Å². The molecule has 0 N–H and O–H groups in total. The predicted octanol–water partition coefficient (Wildman–Crippen LogP) is 6.14. The molecule has 5 rings (SSSR count). The number of hydrogen-bond acceptors (Lipinski definition) is 0. The predicted molar refractivity (Wildman–Crippen MR) is 96.7 cm³/mol. The first-order valence-electron chi connectivity index (χ1n) is 8.19. The normalized spacial score (nSPS) is 15.3. The molecular weight excluding hydrogens is 295 g/mol. The van der Waals surface area contributed by atoms with E-state index in [1.807, 2.05) is 12.1 Å². The fraction of sp³-hybridized carbons (Fsp3) is 0.0435. The average molecular weight is 310 g/mol. The van der Waals surface area contributed by atoms with E-state index in [0.717, 1.165) is 11.1 Å². The van der Waals surface area contributed by atoms with Gasteiger partial charge in [0.05, 0.1) is 0 Å². The molecule has 0 saturated heterocycles. The summed E-state index contributed by atoms with van der Waals surface area (Å²) in [5.74, 6) is -0.0928. The third kappa shape index (κ3) is 1.85. The van der Waals surface area contributed by atoms with E-state index in [9.17, 15) is 4.39 Å². The summed E-state index contributed by atoms with van der Waals surface area (Å²) in [6, 6.07) is 28.4. The standard InChI is InChI=1S/C23H15F/c24-17-11-13-19-20-12-10-15-6-4-5-9-18(15)23(20)22(21(19)14-17)16-7-2-1-3-8-16/h1-14,22H. The van der Waals surface area contributed by atoms with Crippen LogP contribution in [-0.4, -0.2) is 0 Å². The highest BCUT2D eigenvalue weighted by molar-refractivity contribution is 5.97. The average Bonchev–Trinajstić information content (AvgIpc) is 2.96. The molecule has 1 aliphatic carbocycles. The monoisotopic (exact) mass is 310 g/mol. The second kappa shape index (κ2) is 5.04. The Morgan fingerprint density at radius 2 is 1.42 bits per heavy atom. The second-order valence-corrected chi connectivity index (χ2v) is 6.32. The minimum atomic E-state index is -0.174. The molecule has 1 atom stereocenters. The number of benzene rings is 4. The van der Waals surface area contributed by atoms with Gasteiger partial charge in [0.15, 0.2) is 0 Å². The molecule has 0 aromatic heterocycles. The fourth-order valence-corrected chi connectivity index (χ4v) is 4.01. The highest BCUT2D eigenvalue weighted by Crippen LogP contribution is 2.50. The van der Waals surface area contributed by atoms with Gasteiger partial charge in [-0.3, -0.25) is 0 Å². The van der Waals surface area contributed by atoms with Crippen molar-refractivity contribution in [3.8, 4) is 11.1 Å². The van der Waals surface area contributed by atoms with Crippen molar-refractivity contribution >= 4 is 10.8 Å². The van der Waals surface area contributed by atoms with E-state index in [4.69, 9.17) is 0 Å². The van der Waals surface area contributed by atoms with Crippen LogP contribution in [0.4, 0.5) is 4.39 Å². The van der Waals surface area contributed by atoms with Crippen molar-refractivity contribution in [3.63, 3.8) is 0 Å². The Hall–Kier alpha value is -2.93. The molecule has 0 fully saturated rings. The highest BCUT2D eigenvalue weighted by atomic mass is 19.1. The third-order valence-electron chi connectivity index (χ3n) is 5.01. The van der Waals surface area contributed by atoms with Gasteiger partial charge in [-0.2, -0.15) is 0 Å². The zero-order valence-electron chi connectivity index (χ0n) is 13.0. The molecule has 0 radical (unpaired) electrons. The molecule has 0 aliphatic heterocycles. The van der Waals surface area contributed by atoms with Gasteiger partial charge >= 0.3 is 0 Å². The summed E-state index contributed by atoms with van der Waals surface area (Å²) in [6.45, 7) is 0. The van der Waals surface area contributed by atoms with E-state index >= 15 is 0 Å². The van der Waals surface area contributed by atoms with Crippen molar-refractivity contribution in [1.82, 2.24) is 0 Å². The molecule has 1 unspecified atom stereocenters. The van der Waals surface area contributed by atoms with E-state index in [1.165, 1.54) is 27.5 Å². The summed E-state index contributed by atoms with van der Waals surface area (Å²) in [6.07, 6.45) is 0. The summed E-state index contributed by atoms with van der Waals surface area (Å²) in [4.78, 5) is 0. The van der Waals surface area contributed by atoms with Gasteiger partial charge in [-0.15, -0.1) is 0 Å². The minimum Gasteiger partial charge on any atom is -0.207 e. The van der Waals surface area contributed by atoms with Crippen LogP contribution in [0.5, 0.6) is 0 Å². The molecule has 0 nitrogen and oxygen atoms in total. The quantitative estimate of drug-likeness (QED) is 0.349. The van der Waals surface area contributed by atoms with Gasteiger partial charge in [0.25, 0.3) is 0 Å². The van der Waals surface area contributed by atoms with Crippen molar-refractivity contribution in [2.45, 2.75) is 5.92 Å². The Labute approximate surface area is 140 Å². The van der Waals surface area contributed by atoms with Gasteiger partial charge in [-0.05, 0) is 50.7 Å². The van der Waals surface area contributed by atoms with Gasteiger partial charge in [-0.1, -0.05) is 72.8 Å². The lowest BCUT2D eigenvalue weighted by molar-refractivity contribution is 0.625. The van der Waals surface area contributed by atoms with E-state index in [1.54, 1.807) is 12.1 Å². The summed E-state index contributed by atoms with van der Waals surface area (Å²) in [5.41, 5.74) is 5.93. The van der Waals surface area contributed by atoms with Crippen molar-refractivity contribution in [2.24, 2.45) is 0 Å². The molecule has 4 aromatic rings. The van der Waals surface area contributed by atoms with E-state index in [-0.39, 0.29) is 11.7 Å². The summed E-state index contributed by atoms with van der Waals surface area (Å²) in [5, 5.41) is 2.48. The van der Waals surface area contributed by atoms with Gasteiger partial charge < -0.3 is 0 Å². The van der Waals surface area contributed by atoms with Crippen LogP contribution in [0, 0.1) is 5.82 Å². The van der Waals surface area contributed by atoms with Crippen molar-refractivity contribution in [2.75, 3.05) is 0 Å². The van der Waals surface area contributed by atoms with Crippen molar-refractivity contribution < 1.29 is 4.39 Å². The third-order valence-corrected chi connectivity index (χ3v) is 5.01. The molecule has 114 valence electrons. The van der Waals surface area contributed by atoms with Crippen LogP contribution < -0.4 is 0 Å². The number of fused-ring (bicyclic) bond motifs is 5. The molecule has 0 heterocycles. The Kier molecular flexibility index (Phi) is 2.83. The zero-order chi connectivity index (χ0) is 16.1. The van der Waals surface area contributed by atoms with Crippen LogP contribution in [-0.2, 0) is 0 Å².